The number of hydrogen-bond acceptors (Lipinski definition) is 4. The summed E-state index contributed by atoms with van der Waals surface area (Å²) in [4.78, 5) is 18.2. The van der Waals surface area contributed by atoms with Gasteiger partial charge in [0.05, 0.1) is 12.2 Å². The molecule has 1 aliphatic rings. The molecule has 0 radical (unpaired) electrons. The van der Waals surface area contributed by atoms with E-state index in [0.29, 0.717) is 24.7 Å². The number of aromatic nitrogens is 1. The minimum Gasteiger partial charge on any atom is -0.441 e. The zero-order chi connectivity index (χ0) is 19.2. The summed E-state index contributed by atoms with van der Waals surface area (Å²) in [7, 11) is 0. The quantitative estimate of drug-likeness (QED) is 0.527. The van der Waals surface area contributed by atoms with Gasteiger partial charge in [-0.3, -0.25) is 4.79 Å². The minimum atomic E-state index is 0.125. The van der Waals surface area contributed by atoms with Crippen LogP contribution >= 0.6 is 11.3 Å². The van der Waals surface area contributed by atoms with Crippen LogP contribution in [0.1, 0.15) is 55.3 Å². The van der Waals surface area contributed by atoms with Crippen molar-refractivity contribution < 1.29 is 9.21 Å². The Morgan fingerprint density at radius 3 is 2.75 bits per heavy atom. The third-order valence-electron chi connectivity index (χ3n) is 5.44. The molecule has 28 heavy (non-hydrogen) atoms. The number of thiophene rings is 1. The van der Waals surface area contributed by atoms with Crippen molar-refractivity contribution in [1.82, 2.24) is 10.3 Å². The SMILES string of the molecule is O=C(CCCc1ncc(-c2ccccc2)o1)NC(c1cccs1)C1CCCC1. The second-order valence-corrected chi connectivity index (χ2v) is 8.42. The van der Waals surface area contributed by atoms with Gasteiger partial charge < -0.3 is 9.73 Å². The van der Waals surface area contributed by atoms with Crippen LogP contribution in [-0.2, 0) is 11.2 Å². The summed E-state index contributed by atoms with van der Waals surface area (Å²) in [5.41, 5.74) is 1.02. The zero-order valence-corrected chi connectivity index (χ0v) is 16.8. The highest BCUT2D eigenvalue weighted by atomic mass is 32.1. The largest absolute Gasteiger partial charge is 0.441 e. The summed E-state index contributed by atoms with van der Waals surface area (Å²) < 4.78 is 5.83. The molecule has 2 heterocycles. The van der Waals surface area contributed by atoms with Crippen molar-refractivity contribution in [2.45, 2.75) is 51.0 Å². The van der Waals surface area contributed by atoms with Crippen molar-refractivity contribution in [2.75, 3.05) is 0 Å². The molecule has 1 aliphatic carbocycles. The Kier molecular flexibility index (Phi) is 6.22. The van der Waals surface area contributed by atoms with Crippen LogP contribution in [0.2, 0.25) is 0 Å². The van der Waals surface area contributed by atoms with E-state index in [1.54, 1.807) is 17.5 Å². The third-order valence-corrected chi connectivity index (χ3v) is 6.40. The van der Waals surface area contributed by atoms with Crippen LogP contribution in [0.3, 0.4) is 0 Å². The van der Waals surface area contributed by atoms with E-state index in [9.17, 15) is 4.79 Å². The van der Waals surface area contributed by atoms with Crippen LogP contribution in [0.5, 0.6) is 0 Å². The minimum absolute atomic E-state index is 0.125. The lowest BCUT2D eigenvalue weighted by Crippen LogP contribution is -2.32. The maximum Gasteiger partial charge on any atom is 0.220 e. The van der Waals surface area contributed by atoms with Crippen LogP contribution in [0, 0.1) is 5.92 Å². The first kappa shape index (κ1) is 18.9. The molecule has 0 bridgehead atoms. The predicted octanol–water partition coefficient (Wildman–Crippen LogP) is 5.77. The molecule has 5 heteroatoms. The summed E-state index contributed by atoms with van der Waals surface area (Å²) >= 11 is 1.74. The number of rotatable bonds is 8. The van der Waals surface area contributed by atoms with Gasteiger partial charge in [-0.25, -0.2) is 4.98 Å². The molecule has 4 nitrogen and oxygen atoms in total. The first-order valence-electron chi connectivity index (χ1n) is 10.1. The van der Waals surface area contributed by atoms with E-state index in [1.165, 1.54) is 30.6 Å². The summed E-state index contributed by atoms with van der Waals surface area (Å²) in [6.07, 6.45) is 8.64. The molecule has 1 amide bonds. The average molecular weight is 395 g/mol. The Bertz CT molecular complexity index is 867. The van der Waals surface area contributed by atoms with Gasteiger partial charge in [-0.15, -0.1) is 11.3 Å². The fourth-order valence-corrected chi connectivity index (χ4v) is 4.86. The van der Waals surface area contributed by atoms with Gasteiger partial charge in [0.15, 0.2) is 11.7 Å². The van der Waals surface area contributed by atoms with E-state index in [1.807, 2.05) is 30.3 Å². The Morgan fingerprint density at radius 1 is 1.18 bits per heavy atom. The molecular formula is C23H26N2O2S. The number of nitrogens with zero attached hydrogens (tertiary/aromatic N) is 1. The molecule has 1 atom stereocenters. The summed E-state index contributed by atoms with van der Waals surface area (Å²) in [5, 5.41) is 5.39. The van der Waals surface area contributed by atoms with E-state index >= 15 is 0 Å². The third kappa shape index (κ3) is 4.71. The van der Waals surface area contributed by atoms with Crippen LogP contribution in [0.15, 0.2) is 58.5 Å². The lowest BCUT2D eigenvalue weighted by Gasteiger charge is -2.23. The number of carbonyl (C=O) groups excluding carboxylic acids is 1. The van der Waals surface area contributed by atoms with Crippen molar-refractivity contribution in [3.8, 4) is 11.3 Å². The Balaban J connectivity index is 1.29. The fraction of sp³-hybridized carbons (Fsp3) is 0.391. The second-order valence-electron chi connectivity index (χ2n) is 7.44. The van der Waals surface area contributed by atoms with E-state index in [4.69, 9.17) is 4.42 Å². The summed E-state index contributed by atoms with van der Waals surface area (Å²) in [5.74, 6) is 2.17. The van der Waals surface area contributed by atoms with E-state index < -0.39 is 0 Å². The zero-order valence-electron chi connectivity index (χ0n) is 16.0. The van der Waals surface area contributed by atoms with E-state index in [0.717, 1.165) is 17.7 Å². The van der Waals surface area contributed by atoms with Crippen molar-refractivity contribution in [1.29, 1.82) is 0 Å². The first-order valence-corrected chi connectivity index (χ1v) is 11.0. The van der Waals surface area contributed by atoms with Gasteiger partial charge in [-0.1, -0.05) is 49.2 Å². The van der Waals surface area contributed by atoms with Crippen LogP contribution in [0.4, 0.5) is 0 Å². The summed E-state index contributed by atoms with van der Waals surface area (Å²) in [6, 6.07) is 14.3. The molecular weight excluding hydrogens is 368 g/mol. The molecule has 0 spiro atoms. The lowest BCUT2D eigenvalue weighted by atomic mass is 9.96. The molecule has 3 aromatic rings. The Hall–Kier alpha value is -2.40. The van der Waals surface area contributed by atoms with Crippen LogP contribution in [0.25, 0.3) is 11.3 Å². The Labute approximate surface area is 170 Å². The van der Waals surface area contributed by atoms with Gasteiger partial charge in [-0.05, 0) is 36.6 Å². The highest BCUT2D eigenvalue weighted by Gasteiger charge is 2.28. The van der Waals surface area contributed by atoms with Gasteiger partial charge in [0, 0.05) is 23.3 Å². The number of hydrogen-bond donors (Lipinski definition) is 1. The van der Waals surface area contributed by atoms with Crippen molar-refractivity contribution in [2.24, 2.45) is 5.92 Å². The maximum absolute atomic E-state index is 12.6. The van der Waals surface area contributed by atoms with Gasteiger partial charge >= 0.3 is 0 Å². The molecule has 1 N–H and O–H groups in total. The van der Waals surface area contributed by atoms with Gasteiger partial charge in [-0.2, -0.15) is 0 Å². The fourth-order valence-electron chi connectivity index (χ4n) is 3.99. The standard InChI is InChI=1S/C23H26N2O2S/c26-21(25-23(18-10-4-5-11-18)20-12-7-15-28-20)13-6-14-22-24-16-19(27-22)17-8-2-1-3-9-17/h1-3,7-9,12,15-16,18,23H,4-6,10-11,13-14H2,(H,25,26). The molecule has 1 saturated carbocycles. The molecule has 1 aromatic carbocycles. The van der Waals surface area contributed by atoms with Crippen LogP contribution in [-0.4, -0.2) is 10.9 Å². The van der Waals surface area contributed by atoms with Crippen molar-refractivity contribution >= 4 is 17.2 Å². The number of oxazole rings is 1. The van der Waals surface area contributed by atoms with E-state index in [2.05, 4.69) is 27.8 Å². The van der Waals surface area contributed by atoms with Gasteiger partial charge in [0.25, 0.3) is 0 Å². The normalized spacial score (nSPS) is 15.6. The monoisotopic (exact) mass is 394 g/mol. The topological polar surface area (TPSA) is 55.1 Å². The van der Waals surface area contributed by atoms with Crippen LogP contribution < -0.4 is 5.32 Å². The number of amides is 1. The Morgan fingerprint density at radius 2 is 2.00 bits per heavy atom. The highest BCUT2D eigenvalue weighted by Crippen LogP contribution is 2.37. The number of nitrogens with one attached hydrogen (secondary N) is 1. The molecule has 4 rings (SSSR count). The molecule has 146 valence electrons. The maximum atomic E-state index is 12.6. The number of benzene rings is 1. The number of aryl methyl sites for hydroxylation is 1. The highest BCUT2D eigenvalue weighted by molar-refractivity contribution is 7.10. The molecule has 1 fully saturated rings. The van der Waals surface area contributed by atoms with Crippen molar-refractivity contribution in [3.63, 3.8) is 0 Å². The second kappa shape index (κ2) is 9.20. The van der Waals surface area contributed by atoms with Crippen molar-refractivity contribution in [3.05, 3.63) is 64.8 Å². The molecule has 2 aromatic heterocycles. The van der Waals surface area contributed by atoms with Gasteiger partial charge in [0.1, 0.15) is 0 Å². The lowest BCUT2D eigenvalue weighted by molar-refractivity contribution is -0.122. The summed E-state index contributed by atoms with van der Waals surface area (Å²) in [6.45, 7) is 0. The average Bonchev–Trinajstić information content (AvgIpc) is 3.49. The van der Waals surface area contributed by atoms with E-state index in [-0.39, 0.29) is 11.9 Å². The molecule has 0 aliphatic heterocycles. The van der Waals surface area contributed by atoms with Gasteiger partial charge in [0.2, 0.25) is 5.91 Å². The smallest absolute Gasteiger partial charge is 0.220 e. The number of carbonyl (C=O) groups is 1. The molecule has 1 unspecified atom stereocenters. The molecule has 0 saturated heterocycles. The predicted molar refractivity (Wildman–Crippen MR) is 112 cm³/mol. The first-order chi connectivity index (χ1) is 13.8.